The molecule has 0 aliphatic heterocycles. The summed E-state index contributed by atoms with van der Waals surface area (Å²) in [5.74, 6) is -1.59. The minimum atomic E-state index is -0.753. The van der Waals surface area contributed by atoms with Gasteiger partial charge in [-0.3, -0.25) is 4.79 Å². The molecule has 0 N–H and O–H groups in total. The molecule has 3 heteroatoms. The van der Waals surface area contributed by atoms with E-state index < -0.39 is 11.6 Å². The van der Waals surface area contributed by atoms with Gasteiger partial charge in [-0.1, -0.05) is 32.6 Å². The van der Waals surface area contributed by atoms with Crippen molar-refractivity contribution in [1.29, 1.82) is 0 Å². The van der Waals surface area contributed by atoms with Crippen LogP contribution in [0.3, 0.4) is 0 Å². The van der Waals surface area contributed by atoms with Crippen molar-refractivity contribution in [3.05, 3.63) is 34.9 Å². The van der Waals surface area contributed by atoms with Crippen molar-refractivity contribution < 1.29 is 13.6 Å². The van der Waals surface area contributed by atoms with Gasteiger partial charge in [0.15, 0.2) is 5.78 Å². The summed E-state index contributed by atoms with van der Waals surface area (Å²) in [6.07, 6.45) is 5.52. The van der Waals surface area contributed by atoms with Gasteiger partial charge in [0.1, 0.15) is 11.6 Å². The second-order valence-electron chi connectivity index (χ2n) is 4.67. The first-order valence-corrected chi connectivity index (χ1v) is 6.55. The molecule has 1 aromatic carbocycles. The van der Waals surface area contributed by atoms with Gasteiger partial charge >= 0.3 is 0 Å². The number of carbonyl (C=O) groups is 1. The molecule has 0 bridgehead atoms. The van der Waals surface area contributed by atoms with Crippen LogP contribution in [0.15, 0.2) is 12.1 Å². The quantitative estimate of drug-likeness (QED) is 0.503. The fourth-order valence-corrected chi connectivity index (χ4v) is 1.89. The number of carbonyl (C=O) groups excluding carboxylic acids is 1. The smallest absolute Gasteiger partial charge is 0.165 e. The normalized spacial score (nSPS) is 10.7. The van der Waals surface area contributed by atoms with E-state index in [-0.39, 0.29) is 11.3 Å². The fourth-order valence-electron chi connectivity index (χ4n) is 1.89. The Labute approximate surface area is 107 Å². The molecule has 100 valence electrons. The Balaban J connectivity index is 2.54. The van der Waals surface area contributed by atoms with Crippen LogP contribution in [0.1, 0.15) is 61.4 Å². The lowest BCUT2D eigenvalue weighted by molar-refractivity contribution is 0.0975. The summed E-state index contributed by atoms with van der Waals surface area (Å²) in [6.45, 7) is 3.66. The zero-order valence-corrected chi connectivity index (χ0v) is 11.1. The van der Waals surface area contributed by atoms with E-state index in [9.17, 15) is 13.6 Å². The van der Waals surface area contributed by atoms with Crippen molar-refractivity contribution in [3.63, 3.8) is 0 Å². The van der Waals surface area contributed by atoms with Crippen LogP contribution in [0.5, 0.6) is 0 Å². The van der Waals surface area contributed by atoms with E-state index in [1.165, 1.54) is 13.0 Å². The Morgan fingerprint density at radius 1 is 1.06 bits per heavy atom. The monoisotopic (exact) mass is 254 g/mol. The summed E-state index contributed by atoms with van der Waals surface area (Å²) in [5, 5.41) is 0. The zero-order chi connectivity index (χ0) is 13.5. The number of unbranched alkanes of at least 4 members (excludes halogenated alkanes) is 4. The number of halogens is 2. The van der Waals surface area contributed by atoms with E-state index in [1.54, 1.807) is 0 Å². The van der Waals surface area contributed by atoms with Crippen molar-refractivity contribution in [2.45, 2.75) is 52.4 Å². The molecule has 18 heavy (non-hydrogen) atoms. The third-order valence-corrected chi connectivity index (χ3v) is 3.06. The Kier molecular flexibility index (Phi) is 5.96. The first-order chi connectivity index (χ1) is 8.56. The van der Waals surface area contributed by atoms with Gasteiger partial charge in [0.05, 0.1) is 5.56 Å². The highest BCUT2D eigenvalue weighted by molar-refractivity contribution is 5.96. The highest BCUT2D eigenvalue weighted by atomic mass is 19.1. The van der Waals surface area contributed by atoms with Gasteiger partial charge in [0, 0.05) is 12.5 Å². The summed E-state index contributed by atoms with van der Waals surface area (Å²) in [7, 11) is 0. The van der Waals surface area contributed by atoms with Crippen molar-refractivity contribution in [1.82, 2.24) is 0 Å². The number of aryl methyl sites for hydroxylation is 1. The molecule has 0 heterocycles. The highest BCUT2D eigenvalue weighted by Crippen LogP contribution is 2.17. The maximum atomic E-state index is 13.4. The fraction of sp³-hybridized carbons (Fsp3) is 0.533. The van der Waals surface area contributed by atoms with Crippen LogP contribution < -0.4 is 0 Å². The second kappa shape index (κ2) is 7.24. The third-order valence-electron chi connectivity index (χ3n) is 3.06. The molecular weight excluding hydrogens is 234 g/mol. The molecule has 0 atom stereocenters. The SMILES string of the molecule is CCCCCCCC(=O)c1cc(C)c(F)cc1F. The minimum Gasteiger partial charge on any atom is -0.294 e. The summed E-state index contributed by atoms with van der Waals surface area (Å²) >= 11 is 0. The van der Waals surface area contributed by atoms with E-state index in [0.717, 1.165) is 38.2 Å². The molecule has 1 aromatic rings. The van der Waals surface area contributed by atoms with E-state index in [2.05, 4.69) is 6.92 Å². The van der Waals surface area contributed by atoms with Gasteiger partial charge in [-0.05, 0) is 25.0 Å². The van der Waals surface area contributed by atoms with E-state index in [4.69, 9.17) is 0 Å². The maximum Gasteiger partial charge on any atom is 0.165 e. The minimum absolute atomic E-state index is 0.0180. The molecule has 0 aliphatic carbocycles. The summed E-state index contributed by atoms with van der Waals surface area (Å²) < 4.78 is 26.5. The lowest BCUT2D eigenvalue weighted by Crippen LogP contribution is -2.04. The first kappa shape index (κ1) is 14.8. The molecule has 0 aromatic heterocycles. The number of Topliss-reactive ketones (excluding diaryl/α,β-unsaturated/α-hetero) is 1. The second-order valence-corrected chi connectivity index (χ2v) is 4.67. The molecule has 1 nitrogen and oxygen atoms in total. The average Bonchev–Trinajstić information content (AvgIpc) is 2.33. The predicted octanol–water partition coefficient (Wildman–Crippen LogP) is 4.82. The maximum absolute atomic E-state index is 13.4. The standard InChI is InChI=1S/C15H20F2O/c1-3-4-5-6-7-8-15(18)12-9-11(2)13(16)10-14(12)17/h9-10H,3-8H2,1-2H3. The molecular formula is C15H20F2O. The van der Waals surface area contributed by atoms with Gasteiger partial charge in [-0.2, -0.15) is 0 Å². The topological polar surface area (TPSA) is 17.1 Å². The summed E-state index contributed by atoms with van der Waals surface area (Å²) in [4.78, 5) is 11.8. The first-order valence-electron chi connectivity index (χ1n) is 6.55. The molecule has 0 aliphatic rings. The molecule has 0 unspecified atom stereocenters. The molecule has 0 saturated heterocycles. The summed E-state index contributed by atoms with van der Waals surface area (Å²) in [5.41, 5.74) is 0.329. The molecule has 0 amide bonds. The molecule has 0 spiro atoms. The molecule has 0 saturated carbocycles. The van der Waals surface area contributed by atoms with Crippen LogP contribution in [-0.4, -0.2) is 5.78 Å². The van der Waals surface area contributed by atoms with Crippen molar-refractivity contribution >= 4 is 5.78 Å². The predicted molar refractivity (Wildman–Crippen MR) is 68.8 cm³/mol. The number of ketones is 1. The zero-order valence-electron chi connectivity index (χ0n) is 11.1. The number of benzene rings is 1. The summed E-state index contributed by atoms with van der Waals surface area (Å²) in [6, 6.07) is 2.10. The highest BCUT2D eigenvalue weighted by Gasteiger charge is 2.13. The van der Waals surface area contributed by atoms with Crippen LogP contribution in [-0.2, 0) is 0 Å². The number of rotatable bonds is 7. The van der Waals surface area contributed by atoms with E-state index in [1.807, 2.05) is 0 Å². The van der Waals surface area contributed by atoms with Crippen LogP contribution in [0.2, 0.25) is 0 Å². The Hall–Kier alpha value is -1.25. The van der Waals surface area contributed by atoms with Crippen molar-refractivity contribution in [2.24, 2.45) is 0 Å². The van der Waals surface area contributed by atoms with E-state index in [0.29, 0.717) is 12.0 Å². The average molecular weight is 254 g/mol. The van der Waals surface area contributed by atoms with Crippen LogP contribution in [0, 0.1) is 18.6 Å². The van der Waals surface area contributed by atoms with Gasteiger partial charge in [0.2, 0.25) is 0 Å². The van der Waals surface area contributed by atoms with Crippen LogP contribution in [0.25, 0.3) is 0 Å². The largest absolute Gasteiger partial charge is 0.294 e. The van der Waals surface area contributed by atoms with Crippen LogP contribution in [0.4, 0.5) is 8.78 Å². The number of hydrogen-bond donors (Lipinski definition) is 0. The van der Waals surface area contributed by atoms with Gasteiger partial charge < -0.3 is 0 Å². The lowest BCUT2D eigenvalue weighted by Gasteiger charge is -2.05. The van der Waals surface area contributed by atoms with Crippen LogP contribution >= 0.6 is 0 Å². The molecule has 0 fully saturated rings. The van der Waals surface area contributed by atoms with Gasteiger partial charge in [-0.15, -0.1) is 0 Å². The Morgan fingerprint density at radius 2 is 1.72 bits per heavy atom. The van der Waals surface area contributed by atoms with Crippen molar-refractivity contribution in [2.75, 3.05) is 0 Å². The van der Waals surface area contributed by atoms with Gasteiger partial charge in [-0.25, -0.2) is 8.78 Å². The molecule has 1 rings (SSSR count). The Bertz CT molecular complexity index is 413. The Morgan fingerprint density at radius 3 is 2.39 bits per heavy atom. The number of hydrogen-bond acceptors (Lipinski definition) is 1. The third kappa shape index (κ3) is 4.21. The van der Waals surface area contributed by atoms with E-state index >= 15 is 0 Å². The van der Waals surface area contributed by atoms with Crippen molar-refractivity contribution in [3.8, 4) is 0 Å². The van der Waals surface area contributed by atoms with Gasteiger partial charge in [0.25, 0.3) is 0 Å². The molecule has 0 radical (unpaired) electrons. The lowest BCUT2D eigenvalue weighted by atomic mass is 10.0.